The number of nitrogens with zero attached hydrogens (tertiary/aromatic N) is 3. The molecule has 0 saturated carbocycles. The first-order chi connectivity index (χ1) is 12.1. The van der Waals surface area contributed by atoms with Crippen LogP contribution in [0.1, 0.15) is 16.8 Å². The minimum absolute atomic E-state index is 0.628. The lowest BCUT2D eigenvalue weighted by atomic mass is 10.2. The summed E-state index contributed by atoms with van der Waals surface area (Å²) >= 11 is 0. The van der Waals surface area contributed by atoms with E-state index in [0.29, 0.717) is 13.1 Å². The molecule has 1 aromatic carbocycles. The number of pyridine rings is 1. The van der Waals surface area contributed by atoms with Gasteiger partial charge in [-0.15, -0.1) is 0 Å². The highest BCUT2D eigenvalue weighted by atomic mass is 16.5. The fourth-order valence-corrected chi connectivity index (χ4v) is 2.56. The standard InChI is InChI=1S/C19H26N4O2/c1-14-7-6-10-21-17(14)12-22-19(20-2)23(3)13-15-8-9-16(24-4)11-18(15)25-5/h6-11H,12-13H2,1-5H3,(H,20,22). The Labute approximate surface area is 149 Å². The van der Waals surface area contributed by atoms with Gasteiger partial charge in [-0.3, -0.25) is 9.98 Å². The number of rotatable bonds is 6. The normalized spacial score (nSPS) is 11.2. The lowest BCUT2D eigenvalue weighted by Gasteiger charge is -2.23. The summed E-state index contributed by atoms with van der Waals surface area (Å²) in [5.74, 6) is 2.36. The monoisotopic (exact) mass is 342 g/mol. The van der Waals surface area contributed by atoms with Crippen LogP contribution >= 0.6 is 0 Å². The molecule has 0 amide bonds. The molecule has 0 fully saturated rings. The number of aromatic nitrogens is 1. The molecule has 6 heteroatoms. The predicted octanol–water partition coefficient (Wildman–Crippen LogP) is 2.61. The highest BCUT2D eigenvalue weighted by Gasteiger charge is 2.11. The molecule has 6 nitrogen and oxygen atoms in total. The maximum Gasteiger partial charge on any atom is 0.194 e. The van der Waals surface area contributed by atoms with Crippen molar-refractivity contribution in [2.45, 2.75) is 20.0 Å². The van der Waals surface area contributed by atoms with Crippen LogP contribution < -0.4 is 14.8 Å². The van der Waals surface area contributed by atoms with Crippen molar-refractivity contribution in [1.29, 1.82) is 0 Å². The lowest BCUT2D eigenvalue weighted by molar-refractivity contribution is 0.382. The number of guanidine groups is 1. The Bertz CT molecular complexity index is 731. The predicted molar refractivity (Wildman–Crippen MR) is 100 cm³/mol. The Hall–Kier alpha value is -2.76. The summed E-state index contributed by atoms with van der Waals surface area (Å²) in [7, 11) is 7.07. The second kappa shape index (κ2) is 8.92. The number of benzene rings is 1. The summed E-state index contributed by atoms with van der Waals surface area (Å²) in [4.78, 5) is 10.8. The van der Waals surface area contributed by atoms with E-state index in [-0.39, 0.29) is 0 Å². The van der Waals surface area contributed by atoms with Gasteiger partial charge >= 0.3 is 0 Å². The zero-order chi connectivity index (χ0) is 18.2. The molecule has 134 valence electrons. The van der Waals surface area contributed by atoms with Gasteiger partial charge in [-0.05, 0) is 30.7 Å². The van der Waals surface area contributed by atoms with E-state index >= 15 is 0 Å². The minimum Gasteiger partial charge on any atom is -0.497 e. The molecule has 2 aromatic rings. The van der Waals surface area contributed by atoms with Crippen LogP contribution in [0.2, 0.25) is 0 Å². The van der Waals surface area contributed by atoms with E-state index in [1.54, 1.807) is 27.5 Å². The van der Waals surface area contributed by atoms with Crippen LogP contribution in [0, 0.1) is 6.92 Å². The van der Waals surface area contributed by atoms with E-state index in [0.717, 1.165) is 34.3 Å². The van der Waals surface area contributed by atoms with Crippen molar-refractivity contribution in [3.8, 4) is 11.5 Å². The quantitative estimate of drug-likeness (QED) is 0.646. The van der Waals surface area contributed by atoms with Gasteiger partial charge in [0.2, 0.25) is 0 Å². The molecule has 0 radical (unpaired) electrons. The lowest BCUT2D eigenvalue weighted by Crippen LogP contribution is -2.38. The van der Waals surface area contributed by atoms with Gasteiger partial charge in [-0.2, -0.15) is 0 Å². The highest BCUT2D eigenvalue weighted by molar-refractivity contribution is 5.79. The van der Waals surface area contributed by atoms with Crippen LogP contribution in [-0.2, 0) is 13.1 Å². The molecule has 0 aliphatic rings. The van der Waals surface area contributed by atoms with E-state index in [2.05, 4.69) is 28.3 Å². The number of methoxy groups -OCH3 is 2. The average Bonchev–Trinajstić information content (AvgIpc) is 2.64. The Morgan fingerprint density at radius 2 is 2.04 bits per heavy atom. The van der Waals surface area contributed by atoms with Gasteiger partial charge in [0.15, 0.2) is 5.96 Å². The molecule has 0 aliphatic carbocycles. The average molecular weight is 342 g/mol. The molecule has 1 aromatic heterocycles. The van der Waals surface area contributed by atoms with Crippen LogP contribution in [0.3, 0.4) is 0 Å². The second-order valence-corrected chi connectivity index (χ2v) is 5.70. The number of aliphatic imine (C=N–C) groups is 1. The zero-order valence-electron chi connectivity index (χ0n) is 15.5. The van der Waals surface area contributed by atoms with Gasteiger partial charge in [-0.1, -0.05) is 6.07 Å². The van der Waals surface area contributed by atoms with Crippen molar-refractivity contribution in [2.75, 3.05) is 28.3 Å². The zero-order valence-corrected chi connectivity index (χ0v) is 15.5. The number of hydrogen-bond donors (Lipinski definition) is 1. The Kier molecular flexibility index (Phi) is 6.62. The second-order valence-electron chi connectivity index (χ2n) is 5.70. The van der Waals surface area contributed by atoms with E-state index in [9.17, 15) is 0 Å². The van der Waals surface area contributed by atoms with Crippen LogP contribution in [0.5, 0.6) is 11.5 Å². The summed E-state index contributed by atoms with van der Waals surface area (Å²) in [6, 6.07) is 9.81. The van der Waals surface area contributed by atoms with Crippen molar-refractivity contribution in [1.82, 2.24) is 15.2 Å². The highest BCUT2D eigenvalue weighted by Crippen LogP contribution is 2.25. The van der Waals surface area contributed by atoms with Crippen molar-refractivity contribution < 1.29 is 9.47 Å². The van der Waals surface area contributed by atoms with Gasteiger partial charge in [-0.25, -0.2) is 0 Å². The fraction of sp³-hybridized carbons (Fsp3) is 0.368. The summed E-state index contributed by atoms with van der Waals surface area (Å²) in [6.07, 6.45) is 1.80. The summed E-state index contributed by atoms with van der Waals surface area (Å²) < 4.78 is 10.7. The van der Waals surface area contributed by atoms with Crippen molar-refractivity contribution in [3.63, 3.8) is 0 Å². The number of hydrogen-bond acceptors (Lipinski definition) is 4. The molecule has 0 saturated heterocycles. The largest absolute Gasteiger partial charge is 0.497 e. The first-order valence-corrected chi connectivity index (χ1v) is 8.12. The Balaban J connectivity index is 2.05. The third kappa shape index (κ3) is 4.86. The van der Waals surface area contributed by atoms with Gasteiger partial charge in [0, 0.05) is 38.5 Å². The van der Waals surface area contributed by atoms with E-state index in [4.69, 9.17) is 9.47 Å². The molecule has 1 heterocycles. The molecule has 0 unspecified atom stereocenters. The maximum absolute atomic E-state index is 5.47. The van der Waals surface area contributed by atoms with Gasteiger partial charge in [0.05, 0.1) is 26.5 Å². The molecule has 25 heavy (non-hydrogen) atoms. The van der Waals surface area contributed by atoms with Gasteiger partial charge in [0.25, 0.3) is 0 Å². The molecular formula is C19H26N4O2. The van der Waals surface area contributed by atoms with Crippen molar-refractivity contribution in [2.24, 2.45) is 4.99 Å². The molecule has 0 aliphatic heterocycles. The van der Waals surface area contributed by atoms with Crippen LogP contribution in [-0.4, -0.2) is 44.2 Å². The maximum atomic E-state index is 5.47. The SMILES string of the molecule is CN=C(NCc1ncccc1C)N(C)Cc1ccc(OC)cc1OC. The summed E-state index contributed by atoms with van der Waals surface area (Å²) in [6.45, 7) is 3.34. The van der Waals surface area contributed by atoms with E-state index < -0.39 is 0 Å². The van der Waals surface area contributed by atoms with Crippen molar-refractivity contribution in [3.05, 3.63) is 53.3 Å². The smallest absolute Gasteiger partial charge is 0.194 e. The van der Waals surface area contributed by atoms with Gasteiger partial charge < -0.3 is 19.7 Å². The Morgan fingerprint density at radius 3 is 2.68 bits per heavy atom. The summed E-state index contributed by atoms with van der Waals surface area (Å²) in [5.41, 5.74) is 3.23. The first kappa shape index (κ1) is 18.6. The third-order valence-electron chi connectivity index (χ3n) is 4.01. The molecule has 2 rings (SSSR count). The fourth-order valence-electron chi connectivity index (χ4n) is 2.56. The van der Waals surface area contributed by atoms with Crippen LogP contribution in [0.25, 0.3) is 0 Å². The summed E-state index contributed by atoms with van der Waals surface area (Å²) in [5, 5.41) is 3.35. The minimum atomic E-state index is 0.628. The number of aryl methyl sites for hydroxylation is 1. The Morgan fingerprint density at radius 1 is 1.24 bits per heavy atom. The van der Waals surface area contributed by atoms with E-state index in [1.807, 2.05) is 36.2 Å². The van der Waals surface area contributed by atoms with Gasteiger partial charge in [0.1, 0.15) is 11.5 Å². The first-order valence-electron chi connectivity index (χ1n) is 8.12. The molecule has 0 spiro atoms. The molecule has 0 atom stereocenters. The topological polar surface area (TPSA) is 59.0 Å². The number of nitrogens with one attached hydrogen (secondary N) is 1. The molecule has 0 bridgehead atoms. The molecular weight excluding hydrogens is 316 g/mol. The third-order valence-corrected chi connectivity index (χ3v) is 4.01. The van der Waals surface area contributed by atoms with Crippen molar-refractivity contribution >= 4 is 5.96 Å². The van der Waals surface area contributed by atoms with Crippen LogP contribution in [0.15, 0.2) is 41.5 Å². The van der Waals surface area contributed by atoms with E-state index in [1.165, 1.54) is 0 Å². The number of ether oxygens (including phenoxy) is 2. The van der Waals surface area contributed by atoms with Crippen LogP contribution in [0.4, 0.5) is 0 Å². The molecule has 1 N–H and O–H groups in total.